The molecule has 1 aromatic rings. The molecule has 0 aromatic heterocycles. The molecule has 1 unspecified atom stereocenters. The Kier molecular flexibility index (Phi) is 4.17. The summed E-state index contributed by atoms with van der Waals surface area (Å²) in [5, 5.41) is 7.89. The van der Waals surface area contributed by atoms with E-state index in [9.17, 15) is 13.2 Å². The Morgan fingerprint density at radius 3 is 2.74 bits per heavy atom. The molecule has 1 saturated heterocycles. The van der Waals surface area contributed by atoms with Crippen molar-refractivity contribution in [2.24, 2.45) is 5.14 Å². The van der Waals surface area contributed by atoms with Gasteiger partial charge in [-0.25, -0.2) is 13.6 Å². The van der Waals surface area contributed by atoms with Crippen LogP contribution in [0.15, 0.2) is 23.1 Å². The van der Waals surface area contributed by atoms with Crippen molar-refractivity contribution in [3.8, 4) is 0 Å². The minimum absolute atomic E-state index is 0.00248. The number of benzene rings is 1. The molecule has 1 amide bonds. The van der Waals surface area contributed by atoms with Gasteiger partial charge < -0.3 is 5.32 Å². The van der Waals surface area contributed by atoms with E-state index in [1.807, 2.05) is 0 Å². The van der Waals surface area contributed by atoms with Crippen LogP contribution in [0, 0.1) is 6.92 Å². The number of carbonyl (C=O) groups excluding carboxylic acids is 1. The summed E-state index contributed by atoms with van der Waals surface area (Å²) in [6.07, 6.45) is 1.96. The summed E-state index contributed by atoms with van der Waals surface area (Å²) in [4.78, 5) is 12.0. The molecule has 0 bridgehead atoms. The Labute approximate surface area is 117 Å². The first-order valence-electron chi connectivity index (χ1n) is 5.94. The van der Waals surface area contributed by atoms with Crippen molar-refractivity contribution < 1.29 is 13.2 Å². The van der Waals surface area contributed by atoms with Gasteiger partial charge in [-0.3, -0.25) is 4.79 Å². The van der Waals surface area contributed by atoms with E-state index in [1.54, 1.807) is 24.8 Å². The minimum atomic E-state index is -3.70. The number of nitrogens with one attached hydrogen (secondary N) is 1. The number of thioether (sulfide) groups is 1. The van der Waals surface area contributed by atoms with E-state index in [0.717, 1.165) is 18.6 Å². The van der Waals surface area contributed by atoms with Gasteiger partial charge in [-0.1, -0.05) is 0 Å². The summed E-state index contributed by atoms with van der Waals surface area (Å²) in [7, 11) is -3.70. The number of carbonyl (C=O) groups is 1. The van der Waals surface area contributed by atoms with Gasteiger partial charge in [0.25, 0.3) is 0 Å². The number of rotatable bonds is 3. The smallest absolute Gasteiger partial charge is 0.238 e. The second kappa shape index (κ2) is 5.52. The SMILES string of the molecule is Cc1cc(S(N)(=O)=O)ccc1NC(=O)C1CCCS1. The molecular weight excluding hydrogens is 284 g/mol. The summed E-state index contributed by atoms with van der Waals surface area (Å²) < 4.78 is 22.4. The van der Waals surface area contributed by atoms with E-state index in [1.165, 1.54) is 12.1 Å². The largest absolute Gasteiger partial charge is 0.325 e. The third kappa shape index (κ3) is 3.49. The lowest BCUT2D eigenvalue weighted by atomic mass is 10.2. The van der Waals surface area contributed by atoms with Crippen LogP contribution in [0.25, 0.3) is 0 Å². The van der Waals surface area contributed by atoms with Crippen molar-refractivity contribution in [3.63, 3.8) is 0 Å². The van der Waals surface area contributed by atoms with Crippen LogP contribution in [-0.4, -0.2) is 25.3 Å². The second-order valence-corrected chi connectivity index (χ2v) is 7.38. The lowest BCUT2D eigenvalue weighted by molar-refractivity contribution is -0.115. The van der Waals surface area contributed by atoms with Gasteiger partial charge in [-0.15, -0.1) is 11.8 Å². The van der Waals surface area contributed by atoms with Crippen molar-refractivity contribution in [2.75, 3.05) is 11.1 Å². The average Bonchev–Trinajstić information content (AvgIpc) is 2.84. The maximum absolute atomic E-state index is 12.0. The topological polar surface area (TPSA) is 89.3 Å². The van der Waals surface area contributed by atoms with Crippen LogP contribution in [0.1, 0.15) is 18.4 Å². The molecule has 5 nitrogen and oxygen atoms in total. The van der Waals surface area contributed by atoms with Gasteiger partial charge in [0.1, 0.15) is 0 Å². The maximum atomic E-state index is 12.0. The molecule has 19 heavy (non-hydrogen) atoms. The van der Waals surface area contributed by atoms with E-state index in [-0.39, 0.29) is 16.1 Å². The second-order valence-electron chi connectivity index (χ2n) is 4.51. The quantitative estimate of drug-likeness (QED) is 0.884. The minimum Gasteiger partial charge on any atom is -0.325 e. The number of hydrogen-bond acceptors (Lipinski definition) is 4. The Bertz CT molecular complexity index is 593. The lowest BCUT2D eigenvalue weighted by Crippen LogP contribution is -2.23. The fourth-order valence-corrected chi connectivity index (χ4v) is 3.71. The van der Waals surface area contributed by atoms with Crippen molar-refractivity contribution >= 4 is 33.4 Å². The zero-order chi connectivity index (χ0) is 14.0. The van der Waals surface area contributed by atoms with Gasteiger partial charge in [0.15, 0.2) is 0 Å². The Balaban J connectivity index is 2.15. The molecule has 104 valence electrons. The van der Waals surface area contributed by atoms with E-state index in [2.05, 4.69) is 5.32 Å². The molecule has 0 spiro atoms. The molecule has 7 heteroatoms. The summed E-state index contributed by atoms with van der Waals surface area (Å²) in [5.41, 5.74) is 1.31. The fourth-order valence-electron chi connectivity index (χ4n) is 1.95. The highest BCUT2D eigenvalue weighted by Crippen LogP contribution is 2.28. The summed E-state index contributed by atoms with van der Waals surface area (Å²) in [6, 6.07) is 4.44. The molecule has 0 aliphatic carbocycles. The number of nitrogens with two attached hydrogens (primary N) is 1. The summed E-state index contributed by atoms with van der Waals surface area (Å²) in [6.45, 7) is 1.74. The first kappa shape index (κ1) is 14.4. The highest BCUT2D eigenvalue weighted by Gasteiger charge is 2.23. The van der Waals surface area contributed by atoms with Crippen LogP contribution in [-0.2, 0) is 14.8 Å². The monoisotopic (exact) mass is 300 g/mol. The number of anilines is 1. The summed E-state index contributed by atoms with van der Waals surface area (Å²) >= 11 is 1.66. The van der Waals surface area contributed by atoms with Gasteiger partial charge in [0, 0.05) is 5.69 Å². The molecule has 0 saturated carbocycles. The molecule has 1 atom stereocenters. The van der Waals surface area contributed by atoms with Gasteiger partial charge in [-0.2, -0.15) is 0 Å². The third-order valence-electron chi connectivity index (χ3n) is 3.01. The van der Waals surface area contributed by atoms with E-state index in [4.69, 9.17) is 5.14 Å². The van der Waals surface area contributed by atoms with Gasteiger partial charge >= 0.3 is 0 Å². The Hall–Kier alpha value is -1.05. The lowest BCUT2D eigenvalue weighted by Gasteiger charge is -2.12. The Morgan fingerprint density at radius 1 is 1.47 bits per heavy atom. The molecule has 2 rings (SSSR count). The first-order valence-corrected chi connectivity index (χ1v) is 8.53. The van der Waals surface area contributed by atoms with Crippen molar-refractivity contribution in [2.45, 2.75) is 29.9 Å². The maximum Gasteiger partial charge on any atom is 0.238 e. The Morgan fingerprint density at radius 2 is 2.21 bits per heavy atom. The highest BCUT2D eigenvalue weighted by molar-refractivity contribution is 8.00. The third-order valence-corrected chi connectivity index (χ3v) is 5.29. The number of aryl methyl sites for hydroxylation is 1. The normalized spacial score (nSPS) is 19.4. The number of sulfonamides is 1. The van der Waals surface area contributed by atoms with Gasteiger partial charge in [0.2, 0.25) is 15.9 Å². The zero-order valence-electron chi connectivity index (χ0n) is 10.5. The summed E-state index contributed by atoms with van der Waals surface area (Å²) in [5.74, 6) is 0.996. The van der Waals surface area contributed by atoms with Crippen LogP contribution in [0.3, 0.4) is 0 Å². The van der Waals surface area contributed by atoms with Crippen molar-refractivity contribution in [3.05, 3.63) is 23.8 Å². The van der Waals surface area contributed by atoms with E-state index >= 15 is 0 Å². The molecule has 1 aromatic carbocycles. The van der Waals surface area contributed by atoms with Crippen LogP contribution in [0.2, 0.25) is 0 Å². The zero-order valence-corrected chi connectivity index (χ0v) is 12.2. The molecule has 1 aliphatic heterocycles. The molecule has 1 aliphatic rings. The predicted octanol–water partition coefficient (Wildman–Crippen LogP) is 1.48. The van der Waals surface area contributed by atoms with Gasteiger partial charge in [-0.05, 0) is 49.3 Å². The van der Waals surface area contributed by atoms with Crippen molar-refractivity contribution in [1.82, 2.24) is 0 Å². The van der Waals surface area contributed by atoms with Gasteiger partial charge in [0.05, 0.1) is 10.1 Å². The van der Waals surface area contributed by atoms with Crippen molar-refractivity contribution in [1.29, 1.82) is 0 Å². The van der Waals surface area contributed by atoms with E-state index in [0.29, 0.717) is 11.3 Å². The first-order chi connectivity index (χ1) is 8.88. The number of amides is 1. The van der Waals surface area contributed by atoms with Crippen LogP contribution in [0.4, 0.5) is 5.69 Å². The van der Waals surface area contributed by atoms with E-state index < -0.39 is 10.0 Å². The molecule has 0 radical (unpaired) electrons. The van der Waals surface area contributed by atoms with Crippen LogP contribution < -0.4 is 10.5 Å². The molecule has 3 N–H and O–H groups in total. The molecule has 1 heterocycles. The predicted molar refractivity (Wildman–Crippen MR) is 76.7 cm³/mol. The molecular formula is C12H16N2O3S2. The number of hydrogen-bond donors (Lipinski definition) is 2. The fraction of sp³-hybridized carbons (Fsp3) is 0.417. The number of primary sulfonamides is 1. The van der Waals surface area contributed by atoms with Crippen LogP contribution >= 0.6 is 11.8 Å². The average molecular weight is 300 g/mol. The molecule has 1 fully saturated rings. The van der Waals surface area contributed by atoms with Crippen LogP contribution in [0.5, 0.6) is 0 Å². The standard InChI is InChI=1S/C12H16N2O3S2/c1-8-7-9(19(13,16)17)4-5-10(8)14-12(15)11-3-2-6-18-11/h4-5,7,11H,2-3,6H2,1H3,(H,14,15)(H2,13,16,17). The highest BCUT2D eigenvalue weighted by atomic mass is 32.2.